The van der Waals surface area contributed by atoms with E-state index in [1.807, 2.05) is 0 Å². The van der Waals surface area contributed by atoms with Gasteiger partial charge in [0.25, 0.3) is 0 Å². The summed E-state index contributed by atoms with van der Waals surface area (Å²) in [4.78, 5) is 24.3. The van der Waals surface area contributed by atoms with Crippen LogP contribution in [0.3, 0.4) is 0 Å². The molecule has 1 N–H and O–H groups in total. The highest BCUT2D eigenvalue weighted by Gasteiger charge is 2.29. The zero-order valence-electron chi connectivity index (χ0n) is 9.28. The van der Waals surface area contributed by atoms with Gasteiger partial charge in [0.2, 0.25) is 0 Å². The molecule has 0 spiro atoms. The first-order valence-corrected chi connectivity index (χ1v) is 6.85. The van der Waals surface area contributed by atoms with Gasteiger partial charge in [-0.3, -0.25) is 9.13 Å². The predicted molar refractivity (Wildman–Crippen MR) is 58.8 cm³/mol. The Labute approximate surface area is 97.5 Å². The van der Waals surface area contributed by atoms with Crippen LogP contribution in [0.15, 0.2) is 17.1 Å². The number of aromatic nitrogens is 2. The summed E-state index contributed by atoms with van der Waals surface area (Å²) in [7, 11) is -3.57. The molecule has 0 saturated carbocycles. The van der Waals surface area contributed by atoms with Crippen LogP contribution in [0.2, 0.25) is 0 Å². The molecule has 0 aromatic carbocycles. The molecule has 1 aromatic heterocycles. The first-order chi connectivity index (χ1) is 7.96. The van der Waals surface area contributed by atoms with Gasteiger partial charge in [-0.1, -0.05) is 0 Å². The van der Waals surface area contributed by atoms with Crippen molar-refractivity contribution in [3.63, 3.8) is 0 Å². The summed E-state index contributed by atoms with van der Waals surface area (Å²) in [6.45, 7) is 1.98. The van der Waals surface area contributed by atoms with Crippen LogP contribution in [0.4, 0.5) is 0 Å². The number of ether oxygens (including phenoxy) is 1. The van der Waals surface area contributed by atoms with Gasteiger partial charge in [-0.15, -0.1) is 0 Å². The van der Waals surface area contributed by atoms with Crippen molar-refractivity contribution in [3.8, 4) is 0 Å². The van der Waals surface area contributed by atoms with Crippen molar-refractivity contribution in [2.75, 3.05) is 13.0 Å². The number of aryl methyl sites for hydroxylation is 1. The Kier molecular flexibility index (Phi) is 3.44. The van der Waals surface area contributed by atoms with Crippen molar-refractivity contribution in [2.45, 2.75) is 19.6 Å². The van der Waals surface area contributed by atoms with Crippen LogP contribution in [0.5, 0.6) is 0 Å². The summed E-state index contributed by atoms with van der Waals surface area (Å²) in [5.74, 6) is 0. The summed E-state index contributed by atoms with van der Waals surface area (Å²) in [5, 5.41) is 0. The minimum absolute atomic E-state index is 0.00586. The van der Waals surface area contributed by atoms with Gasteiger partial charge in [0.05, 0.1) is 13.2 Å². The lowest BCUT2D eigenvalue weighted by molar-refractivity contribution is -0.00861. The molecule has 17 heavy (non-hydrogen) atoms. The molecule has 2 rings (SSSR count). The number of rotatable bonds is 2. The average molecular weight is 260 g/mol. The van der Waals surface area contributed by atoms with Crippen LogP contribution < -0.4 is 5.69 Å². The van der Waals surface area contributed by atoms with Gasteiger partial charge in [0, 0.05) is 11.9 Å². The van der Waals surface area contributed by atoms with Gasteiger partial charge in [0.15, 0.2) is 0 Å². The van der Waals surface area contributed by atoms with Gasteiger partial charge in [0.1, 0.15) is 12.5 Å². The maximum Gasteiger partial charge on any atom is 0.353 e. The van der Waals surface area contributed by atoms with Crippen LogP contribution in [0.1, 0.15) is 5.69 Å². The van der Waals surface area contributed by atoms with E-state index in [1.165, 1.54) is 4.57 Å². The minimum Gasteiger partial charge on any atom is -0.361 e. The second-order valence-corrected chi connectivity index (χ2v) is 5.65. The van der Waals surface area contributed by atoms with Crippen LogP contribution in [-0.2, 0) is 20.4 Å². The number of nitrogens with zero attached hydrogens (tertiary/aromatic N) is 2. The molecule has 2 unspecified atom stereocenters. The SMILES string of the molecule is Cc1ccn(CC2COP(=O)(O)CO2)c(=O)n1. The Morgan fingerprint density at radius 2 is 2.47 bits per heavy atom. The number of hydrogen-bond acceptors (Lipinski definition) is 5. The summed E-state index contributed by atoms with van der Waals surface area (Å²) in [6.07, 6.45) is 0.860. The second-order valence-electron chi connectivity index (χ2n) is 3.85. The van der Waals surface area contributed by atoms with E-state index in [-0.39, 0.29) is 25.2 Å². The highest BCUT2D eigenvalue weighted by molar-refractivity contribution is 7.52. The molecule has 8 heteroatoms. The van der Waals surface area contributed by atoms with E-state index >= 15 is 0 Å². The Morgan fingerprint density at radius 1 is 1.71 bits per heavy atom. The fraction of sp³-hybridized carbons (Fsp3) is 0.556. The molecule has 7 nitrogen and oxygen atoms in total. The average Bonchev–Trinajstić information content (AvgIpc) is 2.25. The van der Waals surface area contributed by atoms with E-state index in [9.17, 15) is 9.36 Å². The van der Waals surface area contributed by atoms with Gasteiger partial charge in [-0.25, -0.2) is 4.79 Å². The highest BCUT2D eigenvalue weighted by Crippen LogP contribution is 2.44. The summed E-state index contributed by atoms with van der Waals surface area (Å²) < 4.78 is 22.4. The maximum atomic E-state index is 11.5. The predicted octanol–water partition coefficient (Wildman–Crippen LogP) is 0.110. The highest BCUT2D eigenvalue weighted by atomic mass is 31.2. The van der Waals surface area contributed by atoms with Crippen LogP contribution in [0, 0.1) is 6.92 Å². The summed E-state index contributed by atoms with van der Waals surface area (Å²) >= 11 is 0. The van der Waals surface area contributed by atoms with E-state index in [1.54, 1.807) is 19.2 Å². The third-order valence-electron chi connectivity index (χ3n) is 2.35. The fourth-order valence-corrected chi connectivity index (χ4v) is 2.34. The second kappa shape index (κ2) is 4.70. The molecule has 1 aromatic rings. The Bertz CT molecular complexity index is 502. The smallest absolute Gasteiger partial charge is 0.353 e. The Hall–Kier alpha value is -1.01. The fourth-order valence-electron chi connectivity index (χ4n) is 1.46. The molecule has 1 aliphatic heterocycles. The summed E-state index contributed by atoms with van der Waals surface area (Å²) in [6, 6.07) is 1.71. The lowest BCUT2D eigenvalue weighted by Gasteiger charge is -2.26. The topological polar surface area (TPSA) is 90.6 Å². The monoisotopic (exact) mass is 260 g/mol. The Balaban J connectivity index is 2.03. The molecular formula is C9H13N2O5P. The van der Waals surface area contributed by atoms with Crippen molar-refractivity contribution in [3.05, 3.63) is 28.4 Å². The lowest BCUT2D eigenvalue weighted by atomic mass is 10.3. The van der Waals surface area contributed by atoms with Gasteiger partial charge >= 0.3 is 13.3 Å². The molecule has 2 atom stereocenters. The van der Waals surface area contributed by atoms with E-state index in [2.05, 4.69) is 4.98 Å². The molecule has 1 fully saturated rings. The third-order valence-corrected chi connectivity index (χ3v) is 3.38. The van der Waals surface area contributed by atoms with E-state index in [0.717, 1.165) is 0 Å². The molecule has 0 aliphatic carbocycles. The normalized spacial score (nSPS) is 29.2. The van der Waals surface area contributed by atoms with Crippen molar-refractivity contribution in [2.24, 2.45) is 0 Å². The number of hydrogen-bond donors (Lipinski definition) is 1. The zero-order chi connectivity index (χ0) is 12.5. The van der Waals surface area contributed by atoms with Crippen molar-refractivity contribution >= 4 is 7.60 Å². The summed E-state index contributed by atoms with van der Waals surface area (Å²) in [5.41, 5.74) is 0.276. The minimum atomic E-state index is -3.57. The maximum absolute atomic E-state index is 11.5. The molecular weight excluding hydrogens is 247 g/mol. The van der Waals surface area contributed by atoms with Crippen molar-refractivity contribution in [1.82, 2.24) is 9.55 Å². The van der Waals surface area contributed by atoms with Crippen LogP contribution in [0.25, 0.3) is 0 Å². The van der Waals surface area contributed by atoms with Gasteiger partial charge < -0.3 is 14.2 Å². The lowest BCUT2D eigenvalue weighted by Crippen LogP contribution is -2.34. The first kappa shape index (κ1) is 12.4. The molecule has 0 amide bonds. The molecule has 2 heterocycles. The molecule has 94 valence electrons. The first-order valence-electron chi connectivity index (χ1n) is 5.08. The zero-order valence-corrected chi connectivity index (χ0v) is 10.2. The van der Waals surface area contributed by atoms with Crippen LogP contribution in [-0.4, -0.2) is 33.5 Å². The van der Waals surface area contributed by atoms with Crippen molar-refractivity contribution in [1.29, 1.82) is 0 Å². The largest absolute Gasteiger partial charge is 0.361 e. The quantitative estimate of drug-likeness (QED) is 0.759. The van der Waals surface area contributed by atoms with E-state index < -0.39 is 13.7 Å². The standard InChI is InChI=1S/C9H13N2O5P/c1-7-2-3-11(9(12)10-7)4-8-5-16-17(13,14)6-15-8/h2-3,8H,4-6H2,1H3,(H,13,14). The van der Waals surface area contributed by atoms with E-state index in [0.29, 0.717) is 5.69 Å². The third kappa shape index (κ3) is 3.23. The Morgan fingerprint density at radius 3 is 3.06 bits per heavy atom. The van der Waals surface area contributed by atoms with Crippen molar-refractivity contribution < 1.29 is 18.7 Å². The van der Waals surface area contributed by atoms with Gasteiger partial charge in [-0.05, 0) is 13.0 Å². The van der Waals surface area contributed by atoms with E-state index in [4.69, 9.17) is 14.2 Å². The molecule has 1 saturated heterocycles. The van der Waals surface area contributed by atoms with Crippen LogP contribution >= 0.6 is 7.60 Å². The molecule has 0 radical (unpaired) electrons. The van der Waals surface area contributed by atoms with Gasteiger partial charge in [-0.2, -0.15) is 4.98 Å². The molecule has 0 bridgehead atoms. The molecule has 1 aliphatic rings.